The van der Waals surface area contributed by atoms with Crippen molar-refractivity contribution >= 4 is 33.2 Å². The molecule has 174 valence electrons. The molecule has 1 amide bonds. The minimum Gasteiger partial charge on any atom is -0.339 e. The summed E-state index contributed by atoms with van der Waals surface area (Å²) in [6.07, 6.45) is 6.38. The van der Waals surface area contributed by atoms with Crippen molar-refractivity contribution in [1.29, 1.82) is 0 Å². The van der Waals surface area contributed by atoms with Gasteiger partial charge in [0.05, 0.1) is 27.4 Å². The molecule has 3 aromatic rings. The summed E-state index contributed by atoms with van der Waals surface area (Å²) in [6, 6.07) is 8.21. The SMILES string of the molecule is CC(C)(C)c1ccc(S(=O)(=O)Nc2cc(Cl)cnc2-n2cc(C(=O)N3CCCC3)cn2)cc1. The Bertz CT molecular complexity index is 1270. The van der Waals surface area contributed by atoms with Crippen molar-refractivity contribution < 1.29 is 13.2 Å². The van der Waals surface area contributed by atoms with Gasteiger partial charge in [-0.25, -0.2) is 18.1 Å². The van der Waals surface area contributed by atoms with Gasteiger partial charge in [0.1, 0.15) is 0 Å². The number of carbonyl (C=O) groups is 1. The van der Waals surface area contributed by atoms with E-state index in [1.807, 2.05) is 0 Å². The van der Waals surface area contributed by atoms with E-state index in [1.165, 1.54) is 23.1 Å². The highest BCUT2D eigenvalue weighted by atomic mass is 35.5. The van der Waals surface area contributed by atoms with Gasteiger partial charge < -0.3 is 4.90 Å². The quantitative estimate of drug-likeness (QED) is 0.580. The van der Waals surface area contributed by atoms with E-state index >= 15 is 0 Å². The molecule has 1 fully saturated rings. The minimum atomic E-state index is -3.91. The Balaban J connectivity index is 1.63. The number of likely N-dealkylation sites (tertiary alicyclic amines) is 1. The summed E-state index contributed by atoms with van der Waals surface area (Å²) >= 11 is 6.10. The summed E-state index contributed by atoms with van der Waals surface area (Å²) in [5.74, 6) is 0.114. The number of hydrogen-bond acceptors (Lipinski definition) is 5. The van der Waals surface area contributed by atoms with Crippen LogP contribution < -0.4 is 4.72 Å². The lowest BCUT2D eigenvalue weighted by atomic mass is 9.87. The third kappa shape index (κ3) is 5.04. The van der Waals surface area contributed by atoms with Gasteiger partial charge in [-0.05, 0) is 42.0 Å². The lowest BCUT2D eigenvalue weighted by molar-refractivity contribution is 0.0793. The molecule has 8 nitrogen and oxygen atoms in total. The maximum atomic E-state index is 13.1. The van der Waals surface area contributed by atoms with Crippen LogP contribution in [0.2, 0.25) is 5.02 Å². The highest BCUT2D eigenvalue weighted by Gasteiger charge is 2.23. The molecular weight excluding hydrogens is 462 g/mol. The average Bonchev–Trinajstić information content (AvgIpc) is 3.45. The number of hydrogen-bond donors (Lipinski definition) is 1. The molecule has 0 spiro atoms. The fraction of sp³-hybridized carbons (Fsp3) is 0.348. The number of nitrogens with zero attached hydrogens (tertiary/aromatic N) is 4. The number of halogens is 1. The van der Waals surface area contributed by atoms with Crippen LogP contribution in [0.4, 0.5) is 5.69 Å². The molecule has 0 saturated carbocycles. The van der Waals surface area contributed by atoms with E-state index in [-0.39, 0.29) is 32.7 Å². The maximum Gasteiger partial charge on any atom is 0.262 e. The first kappa shape index (κ1) is 23.3. The van der Waals surface area contributed by atoms with Crippen molar-refractivity contribution in [3.63, 3.8) is 0 Å². The summed E-state index contributed by atoms with van der Waals surface area (Å²) in [6.45, 7) is 7.63. The lowest BCUT2D eigenvalue weighted by Gasteiger charge is -2.19. The zero-order chi connectivity index (χ0) is 23.8. The van der Waals surface area contributed by atoms with Gasteiger partial charge >= 0.3 is 0 Å². The molecule has 33 heavy (non-hydrogen) atoms. The summed E-state index contributed by atoms with van der Waals surface area (Å²) < 4.78 is 30.1. The zero-order valence-corrected chi connectivity index (χ0v) is 20.3. The first-order chi connectivity index (χ1) is 15.5. The normalized spacial score (nSPS) is 14.5. The van der Waals surface area contributed by atoms with E-state index in [1.54, 1.807) is 35.4 Å². The number of benzene rings is 1. The van der Waals surface area contributed by atoms with Crippen LogP contribution in [0.1, 0.15) is 49.5 Å². The molecule has 0 radical (unpaired) electrons. The number of carbonyl (C=O) groups excluding carboxylic acids is 1. The highest BCUT2D eigenvalue weighted by Crippen LogP contribution is 2.27. The fourth-order valence-electron chi connectivity index (χ4n) is 3.68. The molecule has 1 N–H and O–H groups in total. The van der Waals surface area contributed by atoms with Crippen LogP contribution in [0.3, 0.4) is 0 Å². The number of nitrogens with one attached hydrogen (secondary N) is 1. The number of rotatable bonds is 5. The number of sulfonamides is 1. The summed E-state index contributed by atoms with van der Waals surface area (Å²) in [7, 11) is -3.91. The summed E-state index contributed by atoms with van der Waals surface area (Å²) in [5, 5.41) is 4.50. The van der Waals surface area contributed by atoms with E-state index in [0.29, 0.717) is 5.56 Å². The minimum absolute atomic E-state index is 0.0932. The van der Waals surface area contributed by atoms with Gasteiger partial charge in [0.25, 0.3) is 15.9 Å². The third-order valence-electron chi connectivity index (χ3n) is 5.55. The monoisotopic (exact) mass is 487 g/mol. The van der Waals surface area contributed by atoms with Crippen molar-refractivity contribution in [2.24, 2.45) is 0 Å². The third-order valence-corrected chi connectivity index (χ3v) is 7.14. The van der Waals surface area contributed by atoms with Gasteiger partial charge in [-0.1, -0.05) is 44.5 Å². The molecule has 0 bridgehead atoms. The highest BCUT2D eigenvalue weighted by molar-refractivity contribution is 7.92. The number of amides is 1. The summed E-state index contributed by atoms with van der Waals surface area (Å²) in [4.78, 5) is 18.8. The van der Waals surface area contributed by atoms with Crippen molar-refractivity contribution in [1.82, 2.24) is 19.7 Å². The maximum absolute atomic E-state index is 13.1. The van der Waals surface area contributed by atoms with Crippen LogP contribution in [0.15, 0.2) is 53.8 Å². The van der Waals surface area contributed by atoms with Gasteiger partial charge in [0.15, 0.2) is 5.82 Å². The first-order valence-corrected chi connectivity index (χ1v) is 12.5. The molecular formula is C23H26ClN5O3S. The molecule has 2 aromatic heterocycles. The van der Waals surface area contributed by atoms with Gasteiger partial charge in [-0.2, -0.15) is 5.10 Å². The number of aromatic nitrogens is 3. The first-order valence-electron chi connectivity index (χ1n) is 10.7. The Hall–Kier alpha value is -2.91. The predicted molar refractivity (Wildman–Crippen MR) is 127 cm³/mol. The Morgan fingerprint density at radius 3 is 2.39 bits per heavy atom. The molecule has 1 aliphatic heterocycles. The average molecular weight is 488 g/mol. The Labute approximate surface area is 198 Å². The van der Waals surface area contributed by atoms with Crippen molar-refractivity contribution in [2.75, 3.05) is 17.8 Å². The molecule has 0 unspecified atom stereocenters. The van der Waals surface area contributed by atoms with Crippen LogP contribution >= 0.6 is 11.6 Å². The molecule has 1 saturated heterocycles. The second kappa shape index (κ2) is 8.79. The van der Waals surface area contributed by atoms with E-state index in [2.05, 4.69) is 35.6 Å². The van der Waals surface area contributed by atoms with E-state index < -0.39 is 10.0 Å². The van der Waals surface area contributed by atoms with Crippen LogP contribution in [0.5, 0.6) is 0 Å². The number of pyridine rings is 1. The fourth-order valence-corrected chi connectivity index (χ4v) is 4.89. The van der Waals surface area contributed by atoms with Crippen molar-refractivity contribution in [3.8, 4) is 5.82 Å². The van der Waals surface area contributed by atoms with Crippen molar-refractivity contribution in [2.45, 2.75) is 43.9 Å². The topological polar surface area (TPSA) is 97.2 Å². The van der Waals surface area contributed by atoms with E-state index in [9.17, 15) is 13.2 Å². The van der Waals surface area contributed by atoms with Crippen LogP contribution in [0, 0.1) is 0 Å². The molecule has 0 atom stereocenters. The van der Waals surface area contributed by atoms with Crippen LogP contribution in [0.25, 0.3) is 5.82 Å². The van der Waals surface area contributed by atoms with Gasteiger partial charge in [0, 0.05) is 25.5 Å². The number of anilines is 1. The predicted octanol–water partition coefficient (Wildman–Crippen LogP) is 4.26. The van der Waals surface area contributed by atoms with Crippen molar-refractivity contribution in [3.05, 3.63) is 65.1 Å². The van der Waals surface area contributed by atoms with E-state index in [4.69, 9.17) is 11.6 Å². The Kier molecular flexibility index (Phi) is 6.20. The molecule has 1 aliphatic rings. The van der Waals surface area contributed by atoms with Crippen LogP contribution in [-0.2, 0) is 15.4 Å². The molecule has 1 aromatic carbocycles. The molecule has 3 heterocycles. The molecule has 4 rings (SSSR count). The van der Waals surface area contributed by atoms with E-state index in [0.717, 1.165) is 31.5 Å². The molecule has 0 aliphatic carbocycles. The summed E-state index contributed by atoms with van der Waals surface area (Å²) in [5.41, 5.74) is 1.51. The second-order valence-electron chi connectivity index (χ2n) is 9.08. The van der Waals surface area contributed by atoms with Gasteiger partial charge in [-0.15, -0.1) is 0 Å². The van der Waals surface area contributed by atoms with Gasteiger partial charge in [-0.3, -0.25) is 9.52 Å². The smallest absolute Gasteiger partial charge is 0.262 e. The molecule has 10 heteroatoms. The second-order valence-corrected chi connectivity index (χ2v) is 11.2. The standard InChI is InChI=1S/C23H26ClN5O3S/c1-23(2,3)17-6-8-19(9-7-17)33(31,32)27-20-12-18(24)14-25-21(20)29-15-16(13-26-29)22(30)28-10-4-5-11-28/h6-9,12-15,27H,4-5,10-11H2,1-3H3. The zero-order valence-electron chi connectivity index (χ0n) is 18.7. The Morgan fingerprint density at radius 2 is 1.76 bits per heavy atom. The van der Waals surface area contributed by atoms with Crippen LogP contribution in [-0.4, -0.2) is 47.1 Å². The lowest BCUT2D eigenvalue weighted by Crippen LogP contribution is -2.27. The Morgan fingerprint density at radius 1 is 1.09 bits per heavy atom. The van der Waals surface area contributed by atoms with Gasteiger partial charge in [0.2, 0.25) is 0 Å². The largest absolute Gasteiger partial charge is 0.339 e.